The van der Waals surface area contributed by atoms with Gasteiger partial charge >= 0.3 is 0 Å². The predicted molar refractivity (Wildman–Crippen MR) is 107 cm³/mol. The predicted octanol–water partition coefficient (Wildman–Crippen LogP) is 0.722. The molecule has 0 bridgehead atoms. The minimum Gasteiger partial charge on any atom is -0.548 e. The van der Waals surface area contributed by atoms with Gasteiger partial charge in [-0.3, -0.25) is 10.2 Å². The van der Waals surface area contributed by atoms with Gasteiger partial charge in [0.15, 0.2) is 6.61 Å². The summed E-state index contributed by atoms with van der Waals surface area (Å²) in [5.41, 5.74) is 12.8. The Bertz CT molecular complexity index is 856. The van der Waals surface area contributed by atoms with E-state index in [1.54, 1.807) is 42.5 Å². The molecule has 0 aliphatic carbocycles. The summed E-state index contributed by atoms with van der Waals surface area (Å²) in [4.78, 5) is 22.8. The number of ether oxygens (including phenoxy) is 1. The monoisotopic (exact) mass is 405 g/mol. The van der Waals surface area contributed by atoms with Crippen molar-refractivity contribution in [2.45, 2.75) is 19.4 Å². The van der Waals surface area contributed by atoms with Crippen molar-refractivity contribution < 1.29 is 19.4 Å². The lowest BCUT2D eigenvalue weighted by Gasteiger charge is -2.24. The molecule has 6 N–H and O–H groups in total. The van der Waals surface area contributed by atoms with Gasteiger partial charge in [-0.1, -0.05) is 13.0 Å². The summed E-state index contributed by atoms with van der Waals surface area (Å²) in [5.74, 6) is -1.88. The molecule has 2 aromatic carbocycles. The van der Waals surface area contributed by atoms with Crippen LogP contribution in [0, 0.1) is 5.41 Å². The number of rotatable bonds is 9. The standard InChI is InChI=1S/C19H22N4O4.ClH/c1-2-11-3-8-15(27-10-16(20)24)14(9-11)17(19(25)26)23-13-6-4-12(5-7-13)18(21)22;/h3-9,17,23H,2,10H2,1H3,(H2,20,24)(H3,21,22)(H,25,26);1H/p-1. The fraction of sp³-hybridized carbons (Fsp3) is 0.211. The Morgan fingerprint density at radius 1 is 1.18 bits per heavy atom. The number of nitrogens with two attached hydrogens (primary N) is 2. The molecule has 0 aliphatic rings. The van der Waals surface area contributed by atoms with Crippen molar-refractivity contribution in [3.63, 3.8) is 0 Å². The zero-order valence-electron chi connectivity index (χ0n) is 15.2. The number of aliphatic carboxylic acids is 1. The number of carbonyl (C=O) groups is 2. The number of primary amides is 1. The Morgan fingerprint density at radius 3 is 2.32 bits per heavy atom. The molecule has 0 fully saturated rings. The minimum absolute atomic E-state index is 0. The fourth-order valence-electron chi connectivity index (χ4n) is 2.50. The lowest BCUT2D eigenvalue weighted by molar-refractivity contribution is -0.307. The summed E-state index contributed by atoms with van der Waals surface area (Å²) in [6.07, 6.45) is 0.691. The minimum atomic E-state index is -1.36. The number of nitrogens with one attached hydrogen (secondary N) is 2. The van der Waals surface area contributed by atoms with Crippen molar-refractivity contribution in [1.82, 2.24) is 0 Å². The summed E-state index contributed by atoms with van der Waals surface area (Å²) in [7, 11) is 0. The zero-order chi connectivity index (χ0) is 20.0. The van der Waals surface area contributed by atoms with Crippen molar-refractivity contribution in [3.8, 4) is 5.75 Å². The van der Waals surface area contributed by atoms with Crippen molar-refractivity contribution in [2.24, 2.45) is 11.5 Å². The number of hydrogen-bond acceptors (Lipinski definition) is 6. The van der Waals surface area contributed by atoms with Crippen LogP contribution in [0.25, 0.3) is 0 Å². The Hall–Kier alpha value is -3.26. The van der Waals surface area contributed by atoms with Crippen molar-refractivity contribution in [3.05, 3.63) is 59.2 Å². The number of benzene rings is 2. The molecule has 8 nitrogen and oxygen atoms in total. The summed E-state index contributed by atoms with van der Waals surface area (Å²) >= 11 is 0. The largest absolute Gasteiger partial charge is 0.548 e. The van der Waals surface area contributed by atoms with E-state index in [1.807, 2.05) is 6.92 Å². The molecule has 1 unspecified atom stereocenters. The number of anilines is 1. The number of carboxylic acid groups (broad SMARTS) is 1. The highest BCUT2D eigenvalue weighted by Crippen LogP contribution is 2.29. The van der Waals surface area contributed by atoms with Gasteiger partial charge in [-0.2, -0.15) is 0 Å². The first-order chi connectivity index (χ1) is 12.8. The molecule has 2 rings (SSSR count). The lowest BCUT2D eigenvalue weighted by Crippen LogP contribution is -2.35. The van der Waals surface area contributed by atoms with Crippen LogP contribution in [-0.4, -0.2) is 24.3 Å². The molecule has 0 spiro atoms. The van der Waals surface area contributed by atoms with Gasteiger partial charge in [0.05, 0.1) is 12.0 Å². The van der Waals surface area contributed by atoms with Crippen LogP contribution in [0.2, 0.25) is 0 Å². The van der Waals surface area contributed by atoms with E-state index in [1.165, 1.54) is 0 Å². The highest BCUT2D eigenvalue weighted by Gasteiger charge is 2.19. The number of amidine groups is 1. The zero-order valence-corrected chi connectivity index (χ0v) is 16.0. The third-order valence-electron chi connectivity index (χ3n) is 3.91. The van der Waals surface area contributed by atoms with E-state index < -0.39 is 17.9 Å². The third kappa shape index (κ3) is 5.88. The van der Waals surface area contributed by atoms with Crippen LogP contribution in [0.15, 0.2) is 42.5 Å². The van der Waals surface area contributed by atoms with Gasteiger partial charge in [0.2, 0.25) is 0 Å². The maximum Gasteiger partial charge on any atom is 0.255 e. The highest BCUT2D eigenvalue weighted by atomic mass is 35.5. The highest BCUT2D eigenvalue weighted by molar-refractivity contribution is 5.95. The molecule has 0 aliphatic heterocycles. The van der Waals surface area contributed by atoms with E-state index in [0.29, 0.717) is 23.2 Å². The van der Waals surface area contributed by atoms with Crippen molar-refractivity contribution >= 4 is 35.8 Å². The number of nitrogen functional groups attached to an aromatic ring is 1. The molecule has 0 aromatic heterocycles. The molecule has 28 heavy (non-hydrogen) atoms. The summed E-state index contributed by atoms with van der Waals surface area (Å²) in [6.45, 7) is 1.57. The van der Waals surface area contributed by atoms with E-state index in [4.69, 9.17) is 21.6 Å². The number of carboxylic acids is 1. The summed E-state index contributed by atoms with van der Waals surface area (Å²) in [5, 5.41) is 22.1. The van der Waals surface area contributed by atoms with Crippen LogP contribution in [-0.2, 0) is 16.0 Å². The van der Waals surface area contributed by atoms with Crippen LogP contribution in [0.5, 0.6) is 5.75 Å². The normalized spacial score (nSPS) is 11.0. The van der Waals surface area contributed by atoms with Crippen LogP contribution in [0.3, 0.4) is 0 Å². The van der Waals surface area contributed by atoms with E-state index in [9.17, 15) is 14.7 Å². The Morgan fingerprint density at radius 2 is 1.82 bits per heavy atom. The SMILES string of the molecule is CCc1ccc(OCC(N)=O)c(C(Nc2ccc(C(=N)N)cc2)C(=O)[O-])c1.Cl. The fourth-order valence-corrected chi connectivity index (χ4v) is 2.50. The number of aryl methyl sites for hydroxylation is 1. The molecule has 0 saturated heterocycles. The van der Waals surface area contributed by atoms with Gasteiger partial charge in [-0.05, 0) is 48.4 Å². The molecular weight excluding hydrogens is 384 g/mol. The number of hydrogen-bond donors (Lipinski definition) is 4. The Balaban J connectivity index is 0.00000392. The Labute approximate surface area is 168 Å². The molecule has 0 saturated carbocycles. The van der Waals surface area contributed by atoms with Gasteiger partial charge in [-0.25, -0.2) is 0 Å². The molecule has 0 radical (unpaired) electrons. The topological polar surface area (TPSA) is 154 Å². The van der Waals surface area contributed by atoms with Gasteiger partial charge in [0, 0.05) is 16.8 Å². The molecule has 1 amide bonds. The molecule has 150 valence electrons. The number of halogens is 1. The molecule has 0 heterocycles. The van der Waals surface area contributed by atoms with Crippen molar-refractivity contribution in [1.29, 1.82) is 5.41 Å². The quantitative estimate of drug-likeness (QED) is 0.356. The van der Waals surface area contributed by atoms with E-state index in [-0.39, 0.29) is 30.6 Å². The average Bonchev–Trinajstić information content (AvgIpc) is 2.64. The first kappa shape index (κ1) is 22.8. The molecule has 1 atom stereocenters. The number of amides is 1. The number of carbonyl (C=O) groups excluding carboxylic acids is 2. The lowest BCUT2D eigenvalue weighted by atomic mass is 10.0. The molecule has 2 aromatic rings. The van der Waals surface area contributed by atoms with E-state index in [2.05, 4.69) is 5.32 Å². The second kappa shape index (κ2) is 10.2. The van der Waals surface area contributed by atoms with Crippen LogP contribution >= 0.6 is 12.4 Å². The first-order valence-electron chi connectivity index (χ1n) is 8.27. The average molecular weight is 406 g/mol. The van der Waals surface area contributed by atoms with Gasteiger partial charge in [0.25, 0.3) is 5.91 Å². The Kier molecular flexibility index (Phi) is 8.28. The second-order valence-corrected chi connectivity index (χ2v) is 5.87. The van der Waals surface area contributed by atoms with Crippen LogP contribution in [0.1, 0.15) is 29.7 Å². The first-order valence-corrected chi connectivity index (χ1v) is 8.27. The second-order valence-electron chi connectivity index (χ2n) is 5.87. The molecular formula is C19H22ClN4O4-. The van der Waals surface area contributed by atoms with Gasteiger partial charge in [-0.15, -0.1) is 12.4 Å². The third-order valence-corrected chi connectivity index (χ3v) is 3.91. The van der Waals surface area contributed by atoms with Crippen LogP contribution in [0.4, 0.5) is 5.69 Å². The van der Waals surface area contributed by atoms with Crippen LogP contribution < -0.4 is 26.6 Å². The molecule has 9 heteroatoms. The maximum absolute atomic E-state index is 11.8. The smallest absolute Gasteiger partial charge is 0.255 e. The van der Waals surface area contributed by atoms with Crippen molar-refractivity contribution in [2.75, 3.05) is 11.9 Å². The van der Waals surface area contributed by atoms with E-state index in [0.717, 1.165) is 5.56 Å². The van der Waals surface area contributed by atoms with Gasteiger partial charge < -0.3 is 31.4 Å². The summed E-state index contributed by atoms with van der Waals surface area (Å²) < 4.78 is 5.37. The van der Waals surface area contributed by atoms with Gasteiger partial charge in [0.1, 0.15) is 11.6 Å². The van der Waals surface area contributed by atoms with E-state index >= 15 is 0 Å². The maximum atomic E-state index is 11.8. The summed E-state index contributed by atoms with van der Waals surface area (Å²) in [6, 6.07) is 10.3.